The fraction of sp³-hybridized carbons (Fsp3) is 0.514. The lowest BCUT2D eigenvalue weighted by molar-refractivity contribution is -0.136. The van der Waals surface area contributed by atoms with E-state index in [1.54, 1.807) is 26.4 Å². The van der Waals surface area contributed by atoms with Gasteiger partial charge in [-0.3, -0.25) is 9.59 Å². The largest absolute Gasteiger partial charge is 0.494 e. The Morgan fingerprint density at radius 3 is 2.50 bits per heavy atom. The van der Waals surface area contributed by atoms with Crippen LogP contribution in [0.15, 0.2) is 36.4 Å². The van der Waals surface area contributed by atoms with Gasteiger partial charge in [0.15, 0.2) is 5.82 Å². The Morgan fingerprint density at radius 2 is 1.80 bits per heavy atom. The Bertz CT molecular complexity index is 1780. The number of nitrogens with two attached hydrogens (primary N) is 1. The summed E-state index contributed by atoms with van der Waals surface area (Å²) in [5.41, 5.74) is 11.5. The molecule has 2 aromatic heterocycles. The number of fused-ring (bicyclic) bond motifs is 2. The number of aryl methyl sites for hydroxylation is 1. The van der Waals surface area contributed by atoms with Gasteiger partial charge in [0, 0.05) is 57.3 Å². The molecule has 7 rings (SSSR count). The van der Waals surface area contributed by atoms with Gasteiger partial charge in [0.2, 0.25) is 5.91 Å². The van der Waals surface area contributed by atoms with Gasteiger partial charge in [-0.1, -0.05) is 18.2 Å². The topological polar surface area (TPSA) is 108 Å². The van der Waals surface area contributed by atoms with Crippen LogP contribution >= 0.6 is 0 Å². The summed E-state index contributed by atoms with van der Waals surface area (Å²) in [5, 5.41) is 1.17. The van der Waals surface area contributed by atoms with E-state index in [-0.39, 0.29) is 37.4 Å². The smallest absolute Gasteiger partial charge is 0.254 e. The number of methoxy groups -OCH3 is 2. The first-order valence-corrected chi connectivity index (χ1v) is 16.4. The third-order valence-electron chi connectivity index (χ3n) is 9.99. The molecule has 10 nitrogen and oxygen atoms in total. The zero-order valence-corrected chi connectivity index (χ0v) is 26.9. The van der Waals surface area contributed by atoms with Gasteiger partial charge in [0.1, 0.15) is 24.0 Å². The van der Waals surface area contributed by atoms with Crippen molar-refractivity contribution in [2.75, 3.05) is 47.0 Å². The number of hydrogen-bond donors (Lipinski definition) is 1. The highest BCUT2D eigenvalue weighted by Crippen LogP contribution is 2.41. The maximum atomic E-state index is 14.3. The van der Waals surface area contributed by atoms with Gasteiger partial charge in [0.05, 0.1) is 30.4 Å². The number of rotatable bonds is 8. The molecule has 2 aromatic carbocycles. The summed E-state index contributed by atoms with van der Waals surface area (Å²) in [7, 11) is 5.14. The minimum Gasteiger partial charge on any atom is -0.494 e. The summed E-state index contributed by atoms with van der Waals surface area (Å²) >= 11 is 0. The van der Waals surface area contributed by atoms with Gasteiger partial charge in [0.25, 0.3) is 5.91 Å². The number of benzene rings is 2. The first-order valence-electron chi connectivity index (χ1n) is 16.4. The number of piperidine rings is 2. The number of alkyl halides is 1. The van der Waals surface area contributed by atoms with Crippen LogP contribution in [-0.4, -0.2) is 95.0 Å². The van der Waals surface area contributed by atoms with Crippen LogP contribution in [0.2, 0.25) is 0 Å². The van der Waals surface area contributed by atoms with Gasteiger partial charge < -0.3 is 34.1 Å². The Hall–Kier alpha value is -3.96. The molecule has 3 fully saturated rings. The molecule has 2 atom stereocenters. The summed E-state index contributed by atoms with van der Waals surface area (Å²) in [6.07, 6.45) is 3.36. The van der Waals surface area contributed by atoms with E-state index in [1.807, 2.05) is 16.5 Å². The van der Waals surface area contributed by atoms with Crippen LogP contribution < -0.4 is 10.5 Å². The minimum absolute atomic E-state index is 0.0342. The highest BCUT2D eigenvalue weighted by molar-refractivity contribution is 6.00. The predicted molar refractivity (Wildman–Crippen MR) is 175 cm³/mol. The Morgan fingerprint density at radius 1 is 1.02 bits per heavy atom. The molecule has 244 valence electrons. The first-order chi connectivity index (χ1) is 22.2. The van der Waals surface area contributed by atoms with E-state index in [0.29, 0.717) is 35.2 Å². The zero-order chi connectivity index (χ0) is 32.1. The average Bonchev–Trinajstić information content (AvgIpc) is 3.72. The summed E-state index contributed by atoms with van der Waals surface area (Å²) < 4.78 is 29.7. The second-order valence-electron chi connectivity index (χ2n) is 13.3. The second kappa shape index (κ2) is 12.3. The van der Waals surface area contributed by atoms with Gasteiger partial charge in [-0.2, -0.15) is 0 Å². The molecular formula is C35H43FN6O4. The Balaban J connectivity index is 1.28. The SMILES string of the molecule is COCC(=O)N1CCC(c2cccc3cc(-c4nc5cc(C(=O)N6C[C@H](N)C[C@@H](F)C6)cc(OC)c5n4C)n(CC4CC4)c23)CC1. The molecule has 4 heterocycles. The molecule has 4 aromatic rings. The van der Waals surface area contributed by atoms with Crippen LogP contribution in [-0.2, 0) is 23.1 Å². The lowest BCUT2D eigenvalue weighted by Crippen LogP contribution is -2.50. The molecule has 3 aliphatic rings. The number of hydrogen-bond acceptors (Lipinski definition) is 6. The number of amides is 2. The molecule has 2 N–H and O–H groups in total. The van der Waals surface area contributed by atoms with E-state index in [0.717, 1.165) is 49.5 Å². The molecular weight excluding hydrogens is 587 g/mol. The van der Waals surface area contributed by atoms with Crippen molar-refractivity contribution < 1.29 is 23.5 Å². The summed E-state index contributed by atoms with van der Waals surface area (Å²) in [4.78, 5) is 34.5. The predicted octanol–water partition coefficient (Wildman–Crippen LogP) is 4.48. The number of imidazole rings is 1. The number of carbonyl (C=O) groups excluding carboxylic acids is 2. The average molecular weight is 631 g/mol. The van der Waals surface area contributed by atoms with Crippen molar-refractivity contribution in [1.82, 2.24) is 23.9 Å². The number of nitrogens with zero attached hydrogens (tertiary/aromatic N) is 5. The van der Waals surface area contributed by atoms with Crippen LogP contribution in [0.4, 0.5) is 4.39 Å². The van der Waals surface area contributed by atoms with Gasteiger partial charge in [-0.25, -0.2) is 9.37 Å². The Kier molecular flexibility index (Phi) is 8.23. The first kappa shape index (κ1) is 30.7. The normalized spacial score (nSPS) is 21.0. The van der Waals surface area contributed by atoms with E-state index < -0.39 is 6.17 Å². The minimum atomic E-state index is -1.14. The van der Waals surface area contributed by atoms with E-state index in [9.17, 15) is 14.0 Å². The number of likely N-dealkylation sites (tertiary alicyclic amines) is 2. The number of aromatic nitrogens is 3. The van der Waals surface area contributed by atoms with E-state index in [1.165, 1.54) is 34.2 Å². The van der Waals surface area contributed by atoms with Crippen molar-refractivity contribution in [3.05, 3.63) is 47.5 Å². The molecule has 46 heavy (non-hydrogen) atoms. The highest BCUT2D eigenvalue weighted by atomic mass is 19.1. The fourth-order valence-corrected chi connectivity index (χ4v) is 7.51. The van der Waals surface area contributed by atoms with Crippen LogP contribution in [0.3, 0.4) is 0 Å². The van der Waals surface area contributed by atoms with Crippen molar-refractivity contribution in [3.63, 3.8) is 0 Å². The number of halogens is 1. The molecule has 0 bridgehead atoms. The van der Waals surface area contributed by atoms with Gasteiger partial charge in [-0.15, -0.1) is 0 Å². The van der Waals surface area contributed by atoms with Gasteiger partial charge >= 0.3 is 0 Å². The van der Waals surface area contributed by atoms with Crippen LogP contribution in [0, 0.1) is 5.92 Å². The summed E-state index contributed by atoms with van der Waals surface area (Å²) in [6.45, 7) is 2.83. The molecule has 1 saturated carbocycles. The monoisotopic (exact) mass is 630 g/mol. The molecule has 2 amide bonds. The molecule has 0 radical (unpaired) electrons. The van der Waals surface area contributed by atoms with Crippen molar-refractivity contribution in [2.24, 2.45) is 18.7 Å². The maximum Gasteiger partial charge on any atom is 0.254 e. The van der Waals surface area contributed by atoms with Gasteiger partial charge in [-0.05, 0) is 67.7 Å². The van der Waals surface area contributed by atoms with Crippen LogP contribution in [0.1, 0.15) is 53.9 Å². The fourth-order valence-electron chi connectivity index (χ4n) is 7.51. The molecule has 2 aliphatic heterocycles. The molecule has 2 saturated heterocycles. The molecule has 0 spiro atoms. The van der Waals surface area contributed by atoms with Crippen LogP contribution in [0.25, 0.3) is 33.5 Å². The van der Waals surface area contributed by atoms with E-state index in [2.05, 4.69) is 28.8 Å². The van der Waals surface area contributed by atoms with Crippen molar-refractivity contribution in [2.45, 2.75) is 56.8 Å². The third-order valence-corrected chi connectivity index (χ3v) is 9.99. The Labute approximate surface area is 268 Å². The van der Waals surface area contributed by atoms with Crippen molar-refractivity contribution in [3.8, 4) is 17.3 Å². The van der Waals surface area contributed by atoms with Crippen molar-refractivity contribution in [1.29, 1.82) is 0 Å². The lowest BCUT2D eigenvalue weighted by Gasteiger charge is -2.33. The number of ether oxygens (including phenoxy) is 2. The molecule has 11 heteroatoms. The van der Waals surface area contributed by atoms with E-state index in [4.69, 9.17) is 20.2 Å². The second-order valence-corrected chi connectivity index (χ2v) is 13.3. The summed E-state index contributed by atoms with van der Waals surface area (Å²) in [5.74, 6) is 2.08. The highest BCUT2D eigenvalue weighted by Gasteiger charge is 2.32. The molecule has 0 unspecified atom stereocenters. The third kappa shape index (κ3) is 5.64. The maximum absolute atomic E-state index is 14.3. The van der Waals surface area contributed by atoms with E-state index >= 15 is 0 Å². The molecule has 1 aliphatic carbocycles. The number of para-hydroxylation sites is 1. The summed E-state index contributed by atoms with van der Waals surface area (Å²) in [6, 6.07) is 11.9. The lowest BCUT2D eigenvalue weighted by atomic mass is 9.88. The van der Waals surface area contributed by atoms with Crippen molar-refractivity contribution >= 4 is 33.8 Å². The quantitative estimate of drug-likeness (QED) is 0.308. The zero-order valence-electron chi connectivity index (χ0n) is 26.9. The van der Waals surface area contributed by atoms with Crippen LogP contribution in [0.5, 0.6) is 5.75 Å². The number of carbonyl (C=O) groups is 2. The standard InChI is InChI=1S/C35H43FN6O4/c1-39-33-28(13-24(15-30(33)46-3)35(44)41-18-25(36)16-26(37)19-41)38-34(39)29-14-23-5-4-6-27(32(23)42(29)17-21-7-8-21)22-9-11-40(12-10-22)31(43)20-45-2/h4-6,13-15,21-22,25-26H,7-12,16-20,37H2,1-3H3/t25-,26-/m1/s1.